The fourth-order valence-corrected chi connectivity index (χ4v) is 9.87. The lowest BCUT2D eigenvalue weighted by molar-refractivity contribution is -0.149. The molecular formula is C45H67N5O6. The first-order valence-corrected chi connectivity index (χ1v) is 21.1. The number of ketones is 2. The molecule has 11 nitrogen and oxygen atoms in total. The van der Waals surface area contributed by atoms with Crippen molar-refractivity contribution in [3.05, 3.63) is 60.2 Å². The molecule has 5 rings (SSSR count). The number of piperidine rings is 1. The lowest BCUT2D eigenvalue weighted by atomic mass is 9.83. The van der Waals surface area contributed by atoms with Crippen molar-refractivity contribution < 1.29 is 28.7 Å². The number of nitrogens with zero attached hydrogens (tertiary/aromatic N) is 4. The van der Waals surface area contributed by atoms with E-state index in [-0.39, 0.29) is 78.5 Å². The van der Waals surface area contributed by atoms with Crippen LogP contribution in [0, 0.1) is 29.6 Å². The van der Waals surface area contributed by atoms with Crippen LogP contribution in [0.4, 0.5) is 0 Å². The first kappa shape index (κ1) is 43.6. The first-order chi connectivity index (χ1) is 26.9. The summed E-state index contributed by atoms with van der Waals surface area (Å²) < 4.78 is 12.2. The molecule has 2 bridgehead atoms. The minimum Gasteiger partial charge on any atom is -0.379 e. The van der Waals surface area contributed by atoms with Gasteiger partial charge in [-0.2, -0.15) is 0 Å². The van der Waals surface area contributed by atoms with E-state index >= 15 is 0 Å². The summed E-state index contributed by atoms with van der Waals surface area (Å²) in [5, 5.41) is 3.51. The zero-order chi connectivity index (χ0) is 40.5. The zero-order valence-corrected chi connectivity index (χ0v) is 35.1. The van der Waals surface area contributed by atoms with E-state index in [2.05, 4.69) is 41.3 Å². The van der Waals surface area contributed by atoms with E-state index in [0.717, 1.165) is 44.1 Å². The van der Waals surface area contributed by atoms with Crippen LogP contribution in [0.5, 0.6) is 0 Å². The molecule has 56 heavy (non-hydrogen) atoms. The van der Waals surface area contributed by atoms with Crippen LogP contribution >= 0.6 is 0 Å². The average molecular weight is 774 g/mol. The van der Waals surface area contributed by atoms with Crippen molar-refractivity contribution in [3.63, 3.8) is 0 Å². The summed E-state index contributed by atoms with van der Waals surface area (Å²) in [7, 11) is 5.04. The highest BCUT2D eigenvalue weighted by Gasteiger charge is 2.46. The van der Waals surface area contributed by atoms with Gasteiger partial charge in [-0.1, -0.05) is 71.4 Å². The summed E-state index contributed by atoms with van der Waals surface area (Å²) >= 11 is 0. The second kappa shape index (κ2) is 20.2. The number of amides is 2. The Morgan fingerprint density at radius 2 is 1.64 bits per heavy atom. The fraction of sp³-hybridized carbons (Fsp3) is 0.689. The summed E-state index contributed by atoms with van der Waals surface area (Å²) in [6, 6.07) is 11.5. The fourth-order valence-electron chi connectivity index (χ4n) is 9.87. The summed E-state index contributed by atoms with van der Waals surface area (Å²) in [5.74, 6) is -0.0788. The molecule has 0 radical (unpaired) electrons. The van der Waals surface area contributed by atoms with Crippen LogP contribution in [0.3, 0.4) is 0 Å². The van der Waals surface area contributed by atoms with Crippen LogP contribution in [-0.4, -0.2) is 107 Å². The van der Waals surface area contributed by atoms with Gasteiger partial charge in [0.2, 0.25) is 11.8 Å². The van der Waals surface area contributed by atoms with Gasteiger partial charge >= 0.3 is 0 Å². The number of rotatable bonds is 21. The highest BCUT2D eigenvalue weighted by molar-refractivity contribution is 5.90. The number of nitrogens with one attached hydrogen (secondary N) is 1. The third-order valence-electron chi connectivity index (χ3n) is 13.3. The monoisotopic (exact) mass is 774 g/mol. The van der Waals surface area contributed by atoms with Gasteiger partial charge < -0.3 is 24.6 Å². The average Bonchev–Trinajstić information content (AvgIpc) is 3.99. The Bertz CT molecular complexity index is 1590. The Labute approximate surface area is 335 Å². The van der Waals surface area contributed by atoms with Crippen LogP contribution in [0.1, 0.15) is 110 Å². The molecule has 11 heteroatoms. The maximum absolute atomic E-state index is 14.4. The second-order valence-corrected chi connectivity index (χ2v) is 17.2. The topological polar surface area (TPSA) is 131 Å². The van der Waals surface area contributed by atoms with Crippen molar-refractivity contribution in [2.75, 3.05) is 27.8 Å². The van der Waals surface area contributed by atoms with Gasteiger partial charge in [-0.05, 0) is 67.9 Å². The molecule has 3 fully saturated rings. The number of benzene rings is 1. The molecular weight excluding hydrogens is 707 g/mol. The molecule has 1 aromatic heterocycles. The van der Waals surface area contributed by atoms with E-state index < -0.39 is 24.0 Å². The molecule has 308 valence electrons. The van der Waals surface area contributed by atoms with E-state index in [9.17, 15) is 19.2 Å². The standard InChI is InChI=1S/C45H67N5O6/c1-9-29(4)42(49(6)45(54)35(28(2)3)26-38(52)41-32-18-19-34(24-32)48-41)39(55-7)27-40(53)50-22-13-17-36(50)43(56-8)30(5)37(51)25-33(44-46-20-14-21-47-44)23-31-15-11-10-12-16-31/h10-12,14-16,20-21,28-30,32-36,39,41-43,48H,9,13,17-19,22-27H2,1-8H3/t29-,30-,32-,33-,34+,35-,36-,39+,41-,42-,43+/m0/s1. The highest BCUT2D eigenvalue weighted by Crippen LogP contribution is 2.37. The minimum absolute atomic E-state index is 0.0254. The summed E-state index contributed by atoms with van der Waals surface area (Å²) in [6.45, 7) is 10.7. The molecule has 1 aromatic carbocycles. The molecule has 2 aliphatic heterocycles. The third kappa shape index (κ3) is 10.3. The number of likely N-dealkylation sites (N-methyl/N-ethyl adjacent to an activating group) is 1. The van der Waals surface area contributed by atoms with Crippen molar-refractivity contribution >= 4 is 23.4 Å². The van der Waals surface area contributed by atoms with Crippen molar-refractivity contribution in [1.29, 1.82) is 0 Å². The minimum atomic E-state index is -0.562. The molecule has 1 N–H and O–H groups in total. The Kier molecular flexibility index (Phi) is 15.8. The molecule has 1 aliphatic carbocycles. The molecule has 2 saturated heterocycles. The SMILES string of the molecule is CC[C@H](C)[C@@H]([C@@H](CC(=O)N1CCC[C@H]1[C@H](OC)[C@@H](C)C(=O)C[C@H](Cc1ccccc1)c1ncccn1)OC)N(C)C(=O)[C@@H](CC(=O)[C@H]1N[C@@H]2CC[C@H]1C2)C(C)C. The lowest BCUT2D eigenvalue weighted by Gasteiger charge is -2.41. The molecule has 1 saturated carbocycles. The van der Waals surface area contributed by atoms with Crippen LogP contribution < -0.4 is 5.32 Å². The normalized spacial score (nSPS) is 24.3. The number of ether oxygens (including phenoxy) is 2. The molecule has 3 heterocycles. The third-order valence-corrected chi connectivity index (χ3v) is 13.3. The lowest BCUT2D eigenvalue weighted by Crippen LogP contribution is -2.54. The van der Waals surface area contributed by atoms with Gasteiger partial charge in [-0.25, -0.2) is 9.97 Å². The molecule has 11 atom stereocenters. The van der Waals surface area contributed by atoms with E-state index in [4.69, 9.17) is 9.47 Å². The largest absolute Gasteiger partial charge is 0.379 e. The molecule has 2 amide bonds. The predicted molar refractivity (Wildman–Crippen MR) is 217 cm³/mol. The maximum Gasteiger partial charge on any atom is 0.226 e. The number of carbonyl (C=O) groups is 4. The zero-order valence-electron chi connectivity index (χ0n) is 35.1. The van der Waals surface area contributed by atoms with Gasteiger partial charge in [0.25, 0.3) is 0 Å². The number of fused-ring (bicyclic) bond motifs is 2. The summed E-state index contributed by atoms with van der Waals surface area (Å²) in [4.78, 5) is 69.0. The van der Waals surface area contributed by atoms with Crippen LogP contribution in [0.25, 0.3) is 0 Å². The van der Waals surface area contributed by atoms with Crippen molar-refractivity contribution in [2.45, 2.75) is 141 Å². The number of carbonyl (C=O) groups excluding carboxylic acids is 4. The quantitative estimate of drug-likeness (QED) is 0.161. The number of aromatic nitrogens is 2. The Morgan fingerprint density at radius 3 is 2.23 bits per heavy atom. The summed E-state index contributed by atoms with van der Waals surface area (Å²) in [5.41, 5.74) is 1.11. The molecule has 0 unspecified atom stereocenters. The van der Waals surface area contributed by atoms with Gasteiger partial charge in [0.05, 0.1) is 36.8 Å². The van der Waals surface area contributed by atoms with Gasteiger partial charge in [0.15, 0.2) is 5.78 Å². The highest BCUT2D eigenvalue weighted by atomic mass is 16.5. The number of Topliss-reactive ketones (excluding diaryl/α,β-unsaturated/α-hetero) is 2. The van der Waals surface area contributed by atoms with Crippen LogP contribution in [0.2, 0.25) is 0 Å². The van der Waals surface area contributed by atoms with Gasteiger partial charge in [-0.15, -0.1) is 0 Å². The van der Waals surface area contributed by atoms with Crippen molar-refractivity contribution in [2.24, 2.45) is 29.6 Å². The number of hydrogen-bond donors (Lipinski definition) is 1. The van der Waals surface area contributed by atoms with Crippen molar-refractivity contribution in [3.8, 4) is 0 Å². The van der Waals surface area contributed by atoms with E-state index in [1.165, 1.54) is 0 Å². The van der Waals surface area contributed by atoms with Gasteiger partial charge in [-0.3, -0.25) is 19.2 Å². The smallest absolute Gasteiger partial charge is 0.226 e. The maximum atomic E-state index is 14.4. The van der Waals surface area contributed by atoms with Gasteiger partial charge in [0.1, 0.15) is 11.6 Å². The predicted octanol–water partition coefficient (Wildman–Crippen LogP) is 6.05. The number of methoxy groups -OCH3 is 2. The molecule has 0 spiro atoms. The summed E-state index contributed by atoms with van der Waals surface area (Å²) in [6.07, 6.45) is 9.11. The van der Waals surface area contributed by atoms with E-state index in [0.29, 0.717) is 30.7 Å². The van der Waals surface area contributed by atoms with Crippen LogP contribution in [-0.2, 0) is 35.1 Å². The Hall–Kier alpha value is -3.54. The molecule has 3 aliphatic rings. The van der Waals surface area contributed by atoms with Gasteiger partial charge in [0, 0.05) is 76.8 Å². The van der Waals surface area contributed by atoms with Crippen molar-refractivity contribution in [1.82, 2.24) is 25.1 Å². The molecule has 2 aromatic rings. The number of likely N-dealkylation sites (tertiary alicyclic amines) is 1. The van der Waals surface area contributed by atoms with E-state index in [1.54, 1.807) is 37.6 Å². The number of hydrogen-bond acceptors (Lipinski definition) is 9. The van der Waals surface area contributed by atoms with Crippen LogP contribution in [0.15, 0.2) is 48.8 Å². The Morgan fingerprint density at radius 1 is 0.929 bits per heavy atom. The Balaban J connectivity index is 1.27. The van der Waals surface area contributed by atoms with E-state index in [1.807, 2.05) is 50.9 Å². The second-order valence-electron chi connectivity index (χ2n) is 17.2. The first-order valence-electron chi connectivity index (χ1n) is 21.1.